The molecule has 0 aliphatic heterocycles. The Morgan fingerprint density at radius 2 is 2.25 bits per heavy atom. The Morgan fingerprint density at radius 3 is 3.00 bits per heavy atom. The molecule has 5 heteroatoms. The van der Waals surface area contributed by atoms with Gasteiger partial charge in [0.25, 0.3) is 0 Å². The van der Waals surface area contributed by atoms with E-state index in [2.05, 4.69) is 10.6 Å². The molecule has 1 aliphatic carbocycles. The molecule has 0 saturated heterocycles. The third kappa shape index (κ3) is 5.49. The first-order valence-corrected chi connectivity index (χ1v) is 7.37. The van der Waals surface area contributed by atoms with E-state index in [1.165, 1.54) is 12.8 Å². The Bertz CT molecular complexity index is 461. The van der Waals surface area contributed by atoms with Crippen LogP contribution in [0.5, 0.6) is 0 Å². The lowest BCUT2D eigenvalue weighted by atomic mass is 10.2. The Morgan fingerprint density at radius 1 is 1.45 bits per heavy atom. The van der Waals surface area contributed by atoms with Crippen molar-refractivity contribution in [1.29, 1.82) is 0 Å². The Balaban J connectivity index is 1.60. The molecule has 1 aliphatic rings. The zero-order valence-corrected chi connectivity index (χ0v) is 12.5. The molecule has 0 spiro atoms. The summed E-state index contributed by atoms with van der Waals surface area (Å²) in [7, 11) is 0. The number of rotatable bonds is 8. The molecular formula is C15H21ClN2O2. The van der Waals surface area contributed by atoms with Crippen molar-refractivity contribution < 1.29 is 9.53 Å². The predicted molar refractivity (Wildman–Crippen MR) is 81.2 cm³/mol. The van der Waals surface area contributed by atoms with E-state index < -0.39 is 0 Å². The minimum absolute atomic E-state index is 0.0717. The van der Waals surface area contributed by atoms with E-state index in [9.17, 15) is 4.79 Å². The maximum absolute atomic E-state index is 11.8. The molecule has 1 aromatic rings. The largest absolute Gasteiger partial charge is 0.380 e. The average Bonchev–Trinajstić information content (AvgIpc) is 3.22. The number of anilines is 1. The van der Waals surface area contributed by atoms with Gasteiger partial charge >= 0.3 is 0 Å². The number of carbonyl (C=O) groups excluding carboxylic acids is 1. The van der Waals surface area contributed by atoms with Gasteiger partial charge in [-0.05, 0) is 43.4 Å². The molecule has 0 bridgehead atoms. The van der Waals surface area contributed by atoms with Crippen LogP contribution >= 0.6 is 11.6 Å². The number of halogens is 1. The van der Waals surface area contributed by atoms with Crippen molar-refractivity contribution in [2.75, 3.05) is 31.6 Å². The van der Waals surface area contributed by atoms with Crippen LogP contribution < -0.4 is 10.6 Å². The number of amides is 1. The maximum atomic E-state index is 11.8. The van der Waals surface area contributed by atoms with Crippen molar-refractivity contribution >= 4 is 23.2 Å². The zero-order valence-electron chi connectivity index (χ0n) is 11.7. The van der Waals surface area contributed by atoms with Crippen molar-refractivity contribution in [3.05, 3.63) is 28.8 Å². The van der Waals surface area contributed by atoms with Gasteiger partial charge in [-0.25, -0.2) is 0 Å². The zero-order chi connectivity index (χ0) is 14.4. The van der Waals surface area contributed by atoms with Crippen molar-refractivity contribution in [1.82, 2.24) is 5.32 Å². The standard InChI is InChI=1S/C15H21ClN2O2/c1-11-2-5-13(16)8-14(11)18-15(19)9-17-6-7-20-10-12-3-4-12/h2,5,8,12,17H,3-4,6-7,9-10H2,1H3,(H,18,19). The van der Waals surface area contributed by atoms with Gasteiger partial charge in [0.05, 0.1) is 13.2 Å². The second kappa shape index (κ2) is 7.62. The number of ether oxygens (including phenoxy) is 1. The lowest BCUT2D eigenvalue weighted by Gasteiger charge is -2.09. The summed E-state index contributed by atoms with van der Waals surface area (Å²) in [6.45, 7) is 4.41. The summed E-state index contributed by atoms with van der Waals surface area (Å²) >= 11 is 5.91. The number of aryl methyl sites for hydroxylation is 1. The van der Waals surface area contributed by atoms with Gasteiger partial charge in [-0.3, -0.25) is 4.79 Å². The smallest absolute Gasteiger partial charge is 0.238 e. The monoisotopic (exact) mass is 296 g/mol. The molecule has 1 saturated carbocycles. The maximum Gasteiger partial charge on any atom is 0.238 e. The third-order valence-electron chi connectivity index (χ3n) is 3.23. The highest BCUT2D eigenvalue weighted by molar-refractivity contribution is 6.31. The second-order valence-electron chi connectivity index (χ2n) is 5.20. The quantitative estimate of drug-likeness (QED) is 0.725. The second-order valence-corrected chi connectivity index (χ2v) is 5.64. The topological polar surface area (TPSA) is 50.4 Å². The summed E-state index contributed by atoms with van der Waals surface area (Å²) in [6.07, 6.45) is 2.60. The SMILES string of the molecule is Cc1ccc(Cl)cc1NC(=O)CNCCOCC1CC1. The van der Waals surface area contributed by atoms with E-state index in [0.29, 0.717) is 18.2 Å². The lowest BCUT2D eigenvalue weighted by Crippen LogP contribution is -2.30. The minimum atomic E-state index is -0.0717. The first-order chi connectivity index (χ1) is 9.65. The number of carbonyl (C=O) groups is 1. The van der Waals surface area contributed by atoms with Crippen LogP contribution in [0.25, 0.3) is 0 Å². The van der Waals surface area contributed by atoms with E-state index in [-0.39, 0.29) is 12.5 Å². The third-order valence-corrected chi connectivity index (χ3v) is 3.47. The Hall–Kier alpha value is -1.10. The van der Waals surface area contributed by atoms with Crippen LogP contribution in [0.1, 0.15) is 18.4 Å². The molecule has 0 heterocycles. The summed E-state index contributed by atoms with van der Waals surface area (Å²) < 4.78 is 5.48. The molecule has 0 aromatic heterocycles. The summed E-state index contributed by atoms with van der Waals surface area (Å²) in [4.78, 5) is 11.8. The molecule has 1 amide bonds. The Kier molecular flexibility index (Phi) is 5.83. The van der Waals surface area contributed by atoms with Crippen LogP contribution in [-0.2, 0) is 9.53 Å². The molecule has 1 fully saturated rings. The van der Waals surface area contributed by atoms with E-state index in [1.807, 2.05) is 19.1 Å². The van der Waals surface area contributed by atoms with Crippen LogP contribution in [-0.4, -0.2) is 32.2 Å². The molecule has 0 atom stereocenters. The fourth-order valence-corrected chi connectivity index (χ4v) is 1.98. The first kappa shape index (κ1) is 15.3. The van der Waals surface area contributed by atoms with Gasteiger partial charge in [0.2, 0.25) is 5.91 Å². The molecule has 0 radical (unpaired) electrons. The summed E-state index contributed by atoms with van der Waals surface area (Å²) in [6, 6.07) is 5.45. The van der Waals surface area contributed by atoms with Gasteiger partial charge in [0, 0.05) is 23.9 Å². The van der Waals surface area contributed by atoms with Gasteiger partial charge in [-0.15, -0.1) is 0 Å². The van der Waals surface area contributed by atoms with Crippen molar-refractivity contribution in [3.8, 4) is 0 Å². The van der Waals surface area contributed by atoms with Crippen LogP contribution in [0.2, 0.25) is 5.02 Å². The van der Waals surface area contributed by atoms with Crippen molar-refractivity contribution in [2.24, 2.45) is 5.92 Å². The summed E-state index contributed by atoms with van der Waals surface area (Å²) in [5, 5.41) is 6.52. The highest BCUT2D eigenvalue weighted by Gasteiger charge is 2.20. The number of nitrogens with one attached hydrogen (secondary N) is 2. The van der Waals surface area contributed by atoms with E-state index in [4.69, 9.17) is 16.3 Å². The van der Waals surface area contributed by atoms with Crippen LogP contribution in [0.3, 0.4) is 0 Å². The van der Waals surface area contributed by atoms with Gasteiger partial charge in [-0.1, -0.05) is 17.7 Å². The van der Waals surface area contributed by atoms with E-state index in [0.717, 1.165) is 23.8 Å². The van der Waals surface area contributed by atoms with E-state index in [1.54, 1.807) is 6.07 Å². The number of benzene rings is 1. The first-order valence-electron chi connectivity index (χ1n) is 6.99. The van der Waals surface area contributed by atoms with Gasteiger partial charge < -0.3 is 15.4 Å². The molecule has 4 nitrogen and oxygen atoms in total. The van der Waals surface area contributed by atoms with Crippen LogP contribution in [0.4, 0.5) is 5.69 Å². The average molecular weight is 297 g/mol. The van der Waals surface area contributed by atoms with Crippen molar-refractivity contribution in [2.45, 2.75) is 19.8 Å². The fourth-order valence-electron chi connectivity index (χ4n) is 1.80. The minimum Gasteiger partial charge on any atom is -0.380 e. The highest BCUT2D eigenvalue weighted by Crippen LogP contribution is 2.28. The predicted octanol–water partition coefficient (Wildman–Crippen LogP) is 2.60. The van der Waals surface area contributed by atoms with Gasteiger partial charge in [-0.2, -0.15) is 0 Å². The summed E-state index contributed by atoms with van der Waals surface area (Å²) in [5.74, 6) is 0.710. The van der Waals surface area contributed by atoms with Gasteiger partial charge in [0.15, 0.2) is 0 Å². The number of hydrogen-bond acceptors (Lipinski definition) is 3. The van der Waals surface area contributed by atoms with Crippen molar-refractivity contribution in [3.63, 3.8) is 0 Å². The summed E-state index contributed by atoms with van der Waals surface area (Å²) in [5.41, 5.74) is 1.75. The molecular weight excluding hydrogens is 276 g/mol. The fraction of sp³-hybridized carbons (Fsp3) is 0.533. The normalized spacial score (nSPS) is 14.3. The van der Waals surface area contributed by atoms with Gasteiger partial charge in [0.1, 0.15) is 0 Å². The molecule has 0 unspecified atom stereocenters. The Labute approximate surface area is 124 Å². The lowest BCUT2D eigenvalue weighted by molar-refractivity contribution is -0.115. The molecule has 20 heavy (non-hydrogen) atoms. The number of hydrogen-bond donors (Lipinski definition) is 2. The highest BCUT2D eigenvalue weighted by atomic mass is 35.5. The molecule has 110 valence electrons. The van der Waals surface area contributed by atoms with E-state index >= 15 is 0 Å². The molecule has 2 rings (SSSR count). The van der Waals surface area contributed by atoms with Crippen LogP contribution in [0, 0.1) is 12.8 Å². The van der Waals surface area contributed by atoms with Crippen LogP contribution in [0.15, 0.2) is 18.2 Å². The molecule has 1 aromatic carbocycles. The molecule has 2 N–H and O–H groups in total.